The van der Waals surface area contributed by atoms with Crippen molar-refractivity contribution in [2.45, 2.75) is 31.7 Å². The third kappa shape index (κ3) is 3.05. The molecule has 7 nitrogen and oxygen atoms in total. The van der Waals surface area contributed by atoms with Crippen LogP contribution < -0.4 is 10.6 Å². The maximum atomic E-state index is 12.5. The Hall–Kier alpha value is -2.48. The average molecular weight is 372 g/mol. The Morgan fingerprint density at radius 2 is 2.15 bits per heavy atom. The number of urea groups is 1. The number of carbonyl (C=O) groups excluding carboxylic acids is 3. The van der Waals surface area contributed by atoms with Gasteiger partial charge in [0.2, 0.25) is 5.91 Å². The van der Waals surface area contributed by atoms with Crippen LogP contribution in [-0.2, 0) is 16.0 Å². The van der Waals surface area contributed by atoms with Gasteiger partial charge in [-0.15, -0.1) is 11.3 Å². The van der Waals surface area contributed by atoms with Crippen molar-refractivity contribution in [1.29, 1.82) is 0 Å². The number of nitrogens with one attached hydrogen (secondary N) is 2. The molecule has 0 radical (unpaired) electrons. The van der Waals surface area contributed by atoms with Crippen molar-refractivity contribution < 1.29 is 14.4 Å². The number of thiazole rings is 1. The standard InChI is InChI=1S/C18H20N4O3S/c1-18(11-6-7-11)16(24)22(17(25)21-18)10-14(23)19-9-8-15-20-12-4-2-3-5-13(12)26-15/h2-5,11H,6-10H2,1H3,(H,19,23)(H,21,25). The van der Waals surface area contributed by atoms with Crippen LogP contribution in [-0.4, -0.2) is 46.4 Å². The summed E-state index contributed by atoms with van der Waals surface area (Å²) < 4.78 is 1.12. The first-order valence-corrected chi connectivity index (χ1v) is 9.54. The van der Waals surface area contributed by atoms with Gasteiger partial charge < -0.3 is 10.6 Å². The van der Waals surface area contributed by atoms with E-state index >= 15 is 0 Å². The highest BCUT2D eigenvalue weighted by Gasteiger charge is 2.56. The monoisotopic (exact) mass is 372 g/mol. The fraction of sp³-hybridized carbons (Fsp3) is 0.444. The number of hydrogen-bond donors (Lipinski definition) is 2. The molecule has 1 aliphatic heterocycles. The highest BCUT2D eigenvalue weighted by atomic mass is 32.1. The Balaban J connectivity index is 1.30. The second-order valence-corrected chi connectivity index (χ2v) is 8.09. The molecule has 136 valence electrons. The molecule has 26 heavy (non-hydrogen) atoms. The topological polar surface area (TPSA) is 91.4 Å². The number of fused-ring (bicyclic) bond motifs is 1. The summed E-state index contributed by atoms with van der Waals surface area (Å²) in [5.41, 5.74) is 0.107. The van der Waals surface area contributed by atoms with Crippen LogP contribution in [0.4, 0.5) is 4.79 Å². The molecule has 4 rings (SSSR count). The number of aromatic nitrogens is 1. The number of imide groups is 1. The van der Waals surface area contributed by atoms with Crippen LogP contribution in [0.5, 0.6) is 0 Å². The Labute approximate surface area is 154 Å². The van der Waals surface area contributed by atoms with Crippen LogP contribution in [0.25, 0.3) is 10.2 Å². The molecule has 4 amide bonds. The Morgan fingerprint density at radius 1 is 1.38 bits per heavy atom. The van der Waals surface area contributed by atoms with Crippen LogP contribution in [0.2, 0.25) is 0 Å². The number of amides is 4. The number of nitrogens with zero attached hydrogens (tertiary/aromatic N) is 2. The van der Waals surface area contributed by atoms with E-state index in [-0.39, 0.29) is 24.3 Å². The van der Waals surface area contributed by atoms with Crippen molar-refractivity contribution in [3.8, 4) is 0 Å². The molecule has 0 bridgehead atoms. The minimum Gasteiger partial charge on any atom is -0.354 e. The van der Waals surface area contributed by atoms with Crippen molar-refractivity contribution in [2.24, 2.45) is 5.92 Å². The molecule has 2 aliphatic rings. The second-order valence-electron chi connectivity index (χ2n) is 6.97. The third-order valence-corrected chi connectivity index (χ3v) is 6.09. The van der Waals surface area contributed by atoms with E-state index < -0.39 is 11.6 Å². The van der Waals surface area contributed by atoms with E-state index in [9.17, 15) is 14.4 Å². The highest BCUT2D eigenvalue weighted by Crippen LogP contribution is 2.42. The lowest BCUT2D eigenvalue weighted by molar-refractivity contribution is -0.135. The quantitative estimate of drug-likeness (QED) is 0.755. The molecular weight excluding hydrogens is 352 g/mol. The first-order valence-electron chi connectivity index (χ1n) is 8.72. The average Bonchev–Trinajstić information content (AvgIpc) is 3.35. The molecule has 1 aromatic heterocycles. The van der Waals surface area contributed by atoms with Crippen molar-refractivity contribution in [3.63, 3.8) is 0 Å². The Morgan fingerprint density at radius 3 is 2.88 bits per heavy atom. The smallest absolute Gasteiger partial charge is 0.325 e. The molecule has 0 spiro atoms. The summed E-state index contributed by atoms with van der Waals surface area (Å²) in [6.07, 6.45) is 2.49. The van der Waals surface area contributed by atoms with Crippen molar-refractivity contribution in [2.75, 3.05) is 13.1 Å². The lowest BCUT2D eigenvalue weighted by Gasteiger charge is -2.20. The Kier molecular flexibility index (Phi) is 4.14. The SMILES string of the molecule is CC1(C2CC2)NC(=O)N(CC(=O)NCCc2nc3ccccc3s2)C1=O. The zero-order valence-corrected chi connectivity index (χ0v) is 15.3. The number of benzene rings is 1. The summed E-state index contributed by atoms with van der Waals surface area (Å²) >= 11 is 1.60. The highest BCUT2D eigenvalue weighted by molar-refractivity contribution is 7.18. The van der Waals surface area contributed by atoms with Gasteiger partial charge in [0.1, 0.15) is 12.1 Å². The van der Waals surface area contributed by atoms with Gasteiger partial charge in [0.05, 0.1) is 15.2 Å². The van der Waals surface area contributed by atoms with Gasteiger partial charge in [0, 0.05) is 13.0 Å². The summed E-state index contributed by atoms with van der Waals surface area (Å²) in [6.45, 7) is 1.92. The maximum absolute atomic E-state index is 12.5. The van der Waals surface area contributed by atoms with Crippen LogP contribution in [0.15, 0.2) is 24.3 Å². The molecule has 2 N–H and O–H groups in total. The molecule has 2 aromatic rings. The van der Waals surface area contributed by atoms with Gasteiger partial charge in [-0.1, -0.05) is 12.1 Å². The van der Waals surface area contributed by atoms with Crippen LogP contribution in [0, 0.1) is 5.92 Å². The lowest BCUT2D eigenvalue weighted by Crippen LogP contribution is -2.47. The maximum Gasteiger partial charge on any atom is 0.325 e. The van der Waals surface area contributed by atoms with E-state index in [4.69, 9.17) is 0 Å². The van der Waals surface area contributed by atoms with Crippen molar-refractivity contribution in [3.05, 3.63) is 29.3 Å². The van der Waals surface area contributed by atoms with Gasteiger partial charge in [-0.05, 0) is 37.8 Å². The minimum absolute atomic E-state index is 0.186. The number of rotatable bonds is 6. The molecule has 1 unspecified atom stereocenters. The fourth-order valence-electron chi connectivity index (χ4n) is 3.33. The molecule has 1 saturated heterocycles. The van der Waals surface area contributed by atoms with Crippen molar-refractivity contribution in [1.82, 2.24) is 20.5 Å². The van der Waals surface area contributed by atoms with Gasteiger partial charge in [0.15, 0.2) is 0 Å². The van der Waals surface area contributed by atoms with E-state index in [1.54, 1.807) is 18.3 Å². The largest absolute Gasteiger partial charge is 0.354 e. The van der Waals surface area contributed by atoms with Gasteiger partial charge in [0.25, 0.3) is 5.91 Å². The van der Waals surface area contributed by atoms with Gasteiger partial charge >= 0.3 is 6.03 Å². The number of para-hydroxylation sites is 1. The van der Waals surface area contributed by atoms with Crippen LogP contribution in [0.3, 0.4) is 0 Å². The van der Waals surface area contributed by atoms with E-state index in [1.807, 2.05) is 24.3 Å². The van der Waals surface area contributed by atoms with Gasteiger partial charge in [-0.3, -0.25) is 14.5 Å². The zero-order valence-electron chi connectivity index (χ0n) is 14.4. The van der Waals surface area contributed by atoms with Crippen LogP contribution >= 0.6 is 11.3 Å². The first-order chi connectivity index (χ1) is 12.5. The summed E-state index contributed by atoms with van der Waals surface area (Å²) in [7, 11) is 0. The molecule has 1 aliphatic carbocycles. The van der Waals surface area contributed by atoms with E-state index in [0.717, 1.165) is 33.0 Å². The second kappa shape index (κ2) is 6.35. The summed E-state index contributed by atoms with van der Waals surface area (Å²) in [4.78, 5) is 42.3. The van der Waals surface area contributed by atoms with Crippen LogP contribution in [0.1, 0.15) is 24.8 Å². The molecule has 1 atom stereocenters. The summed E-state index contributed by atoms with van der Waals surface area (Å²) in [6, 6.07) is 7.41. The first kappa shape index (κ1) is 17.0. The normalized spacial score (nSPS) is 22.7. The minimum atomic E-state index is -0.849. The van der Waals surface area contributed by atoms with E-state index in [1.165, 1.54) is 0 Å². The Bertz CT molecular complexity index is 858. The van der Waals surface area contributed by atoms with Crippen molar-refractivity contribution >= 4 is 39.4 Å². The number of carbonyl (C=O) groups is 3. The van der Waals surface area contributed by atoms with Gasteiger partial charge in [-0.2, -0.15) is 0 Å². The predicted molar refractivity (Wildman–Crippen MR) is 97.7 cm³/mol. The molecule has 2 heterocycles. The molecule has 1 saturated carbocycles. The van der Waals surface area contributed by atoms with E-state index in [2.05, 4.69) is 15.6 Å². The molecule has 8 heteroatoms. The summed E-state index contributed by atoms with van der Waals surface area (Å²) in [5.74, 6) is -0.452. The lowest BCUT2D eigenvalue weighted by atomic mass is 9.96. The third-order valence-electron chi connectivity index (χ3n) is 5.00. The predicted octanol–water partition coefficient (Wildman–Crippen LogP) is 1.68. The molecule has 1 aromatic carbocycles. The molecular formula is C18H20N4O3S. The summed E-state index contributed by atoms with van der Waals surface area (Å²) in [5, 5.41) is 6.46. The molecule has 2 fully saturated rings. The number of hydrogen-bond acceptors (Lipinski definition) is 5. The zero-order chi connectivity index (χ0) is 18.3. The fourth-order valence-corrected chi connectivity index (χ4v) is 4.30. The van der Waals surface area contributed by atoms with E-state index in [0.29, 0.717) is 13.0 Å². The van der Waals surface area contributed by atoms with Gasteiger partial charge in [-0.25, -0.2) is 9.78 Å².